The van der Waals surface area contributed by atoms with Gasteiger partial charge in [-0.05, 0) is 57.8 Å². The molecule has 0 N–H and O–H groups in total. The summed E-state index contributed by atoms with van der Waals surface area (Å²) in [7, 11) is 0. The number of nitrogens with zero attached hydrogens (tertiary/aromatic N) is 2. The summed E-state index contributed by atoms with van der Waals surface area (Å²) in [5.74, 6) is -0.434. The topological polar surface area (TPSA) is 27.1 Å². The first kappa shape index (κ1) is 14.0. The zero-order chi connectivity index (χ0) is 13.6. The van der Waals surface area contributed by atoms with Crippen LogP contribution in [0.25, 0.3) is 10.9 Å². The molecular weight excluding hydrogens is 449 g/mol. The normalized spacial score (nSPS) is 20.1. The molecule has 0 amide bonds. The van der Waals surface area contributed by atoms with Gasteiger partial charge in [0, 0.05) is 18.2 Å². The fraction of sp³-hybridized carbons (Fsp3) is 0.417. The predicted molar refractivity (Wildman–Crippen MR) is 84.0 cm³/mol. The van der Waals surface area contributed by atoms with Gasteiger partial charge in [-0.15, -0.1) is 0 Å². The zero-order valence-corrected chi connectivity index (χ0v) is 14.3. The van der Waals surface area contributed by atoms with Gasteiger partial charge in [0.2, 0.25) is 0 Å². The highest BCUT2D eigenvalue weighted by atomic mass is 127. The molecule has 19 heavy (non-hydrogen) atoms. The minimum atomic E-state index is -0.434. The second-order valence-corrected chi connectivity index (χ2v) is 6.70. The maximum Gasteiger partial charge on any atom is 0.158 e. The Balaban J connectivity index is 2.14. The van der Waals surface area contributed by atoms with Crippen molar-refractivity contribution < 1.29 is 9.13 Å². The molecule has 1 aromatic carbocycles. The fourth-order valence-corrected chi connectivity index (χ4v) is 3.70. The highest BCUT2D eigenvalue weighted by molar-refractivity contribution is 14.1. The lowest BCUT2D eigenvalue weighted by atomic mass is 10.2. The van der Waals surface area contributed by atoms with Crippen molar-refractivity contribution >= 4 is 61.0 Å². The zero-order valence-electron chi connectivity index (χ0n) is 9.80. The maximum absolute atomic E-state index is 13.9. The highest BCUT2D eigenvalue weighted by Gasteiger charge is 2.22. The van der Waals surface area contributed by atoms with E-state index in [0.29, 0.717) is 13.6 Å². The molecule has 1 aliphatic rings. The van der Waals surface area contributed by atoms with Crippen molar-refractivity contribution in [2.75, 3.05) is 6.61 Å². The van der Waals surface area contributed by atoms with Crippen molar-refractivity contribution in [3.63, 3.8) is 0 Å². The molecule has 0 saturated carbocycles. The lowest BCUT2D eigenvalue weighted by molar-refractivity contribution is -0.0390. The highest BCUT2D eigenvalue weighted by Crippen LogP contribution is 2.37. The molecule has 1 aliphatic heterocycles. The molecule has 3 nitrogen and oxygen atoms in total. The molecule has 1 fully saturated rings. The van der Waals surface area contributed by atoms with Gasteiger partial charge in [-0.1, -0.05) is 11.6 Å². The van der Waals surface area contributed by atoms with Crippen molar-refractivity contribution in [1.29, 1.82) is 0 Å². The van der Waals surface area contributed by atoms with E-state index in [-0.39, 0.29) is 11.3 Å². The molecule has 2 aromatic rings. The third kappa shape index (κ3) is 2.41. The SMILES string of the molecule is Fc1c(Cl)c(Br)c2cn(C3CCCCO3)nc2c1I. The first-order valence-electron chi connectivity index (χ1n) is 5.92. The van der Waals surface area contributed by atoms with Crippen LogP contribution in [0.2, 0.25) is 5.02 Å². The second-order valence-electron chi connectivity index (χ2n) is 4.45. The van der Waals surface area contributed by atoms with Gasteiger partial charge in [-0.3, -0.25) is 0 Å². The van der Waals surface area contributed by atoms with Crippen LogP contribution in [0, 0.1) is 9.39 Å². The van der Waals surface area contributed by atoms with Crippen LogP contribution in [0.5, 0.6) is 0 Å². The third-order valence-electron chi connectivity index (χ3n) is 3.21. The number of halogens is 4. The van der Waals surface area contributed by atoms with E-state index in [9.17, 15) is 4.39 Å². The van der Waals surface area contributed by atoms with E-state index in [1.54, 1.807) is 4.68 Å². The van der Waals surface area contributed by atoms with Crippen molar-refractivity contribution in [1.82, 2.24) is 9.78 Å². The Kier molecular flexibility index (Phi) is 4.03. The quantitative estimate of drug-likeness (QED) is 0.345. The van der Waals surface area contributed by atoms with E-state index < -0.39 is 5.82 Å². The Morgan fingerprint density at radius 2 is 2.32 bits per heavy atom. The number of benzene rings is 1. The molecule has 0 aliphatic carbocycles. The van der Waals surface area contributed by atoms with E-state index >= 15 is 0 Å². The average Bonchev–Trinajstić information content (AvgIpc) is 2.89. The molecule has 7 heteroatoms. The standard InChI is InChI=1S/C12H10BrClFIN2O/c13-8-6-5-18(7-3-1-2-4-19-7)17-12(6)11(16)10(15)9(8)14/h5,7H,1-4H2. The Bertz CT molecular complexity index is 597. The predicted octanol–water partition coefficient (Wildman–Crippen LogP) is 4.90. The van der Waals surface area contributed by atoms with Crippen LogP contribution in [-0.2, 0) is 4.74 Å². The van der Waals surface area contributed by atoms with E-state index in [2.05, 4.69) is 21.0 Å². The van der Waals surface area contributed by atoms with Gasteiger partial charge in [-0.25, -0.2) is 9.07 Å². The number of fused-ring (bicyclic) bond motifs is 1. The first-order valence-corrected chi connectivity index (χ1v) is 8.17. The summed E-state index contributed by atoms with van der Waals surface area (Å²) in [4.78, 5) is 0. The van der Waals surface area contributed by atoms with E-state index in [1.807, 2.05) is 28.8 Å². The van der Waals surface area contributed by atoms with Crippen LogP contribution < -0.4 is 0 Å². The number of hydrogen-bond acceptors (Lipinski definition) is 2. The van der Waals surface area contributed by atoms with Crippen LogP contribution in [-0.4, -0.2) is 16.4 Å². The molecule has 2 heterocycles. The number of ether oxygens (including phenoxy) is 1. The molecule has 0 radical (unpaired) electrons. The lowest BCUT2D eigenvalue weighted by Gasteiger charge is -2.22. The maximum atomic E-state index is 13.9. The summed E-state index contributed by atoms with van der Waals surface area (Å²) in [6, 6.07) is 0. The molecule has 102 valence electrons. The molecule has 0 bridgehead atoms. The van der Waals surface area contributed by atoms with Crippen LogP contribution >= 0.6 is 50.1 Å². The van der Waals surface area contributed by atoms with Crippen molar-refractivity contribution in [2.24, 2.45) is 0 Å². The van der Waals surface area contributed by atoms with Gasteiger partial charge in [0.1, 0.15) is 11.7 Å². The summed E-state index contributed by atoms with van der Waals surface area (Å²) in [6.45, 7) is 0.744. The molecule has 0 spiro atoms. The Morgan fingerprint density at radius 3 is 3.00 bits per heavy atom. The largest absolute Gasteiger partial charge is 0.357 e. The third-order valence-corrected chi connectivity index (χ3v) is 5.60. The summed E-state index contributed by atoms with van der Waals surface area (Å²) >= 11 is 11.2. The van der Waals surface area contributed by atoms with E-state index in [0.717, 1.165) is 31.3 Å². The lowest BCUT2D eigenvalue weighted by Crippen LogP contribution is -2.18. The minimum Gasteiger partial charge on any atom is -0.357 e. The molecule has 1 atom stereocenters. The van der Waals surface area contributed by atoms with Crippen LogP contribution in [0.1, 0.15) is 25.5 Å². The number of aromatic nitrogens is 2. The summed E-state index contributed by atoms with van der Waals surface area (Å²) < 4.78 is 22.4. The van der Waals surface area contributed by atoms with Gasteiger partial charge in [0.05, 0.1) is 13.1 Å². The number of rotatable bonds is 1. The van der Waals surface area contributed by atoms with Gasteiger partial charge < -0.3 is 4.74 Å². The second kappa shape index (κ2) is 5.46. The smallest absolute Gasteiger partial charge is 0.158 e. The van der Waals surface area contributed by atoms with Crippen LogP contribution in [0.3, 0.4) is 0 Å². The molecule has 1 saturated heterocycles. The summed E-state index contributed by atoms with van der Waals surface area (Å²) in [5, 5.41) is 5.36. The summed E-state index contributed by atoms with van der Waals surface area (Å²) in [6.07, 6.45) is 4.93. The van der Waals surface area contributed by atoms with Crippen molar-refractivity contribution in [3.05, 3.63) is 25.1 Å². The van der Waals surface area contributed by atoms with Crippen molar-refractivity contribution in [3.8, 4) is 0 Å². The van der Waals surface area contributed by atoms with Gasteiger partial charge in [0.15, 0.2) is 5.82 Å². The van der Waals surface area contributed by atoms with Gasteiger partial charge >= 0.3 is 0 Å². The minimum absolute atomic E-state index is 0.0642. The Labute approximate surface area is 136 Å². The average molecular weight is 459 g/mol. The molecular formula is C12H10BrClFIN2O. The summed E-state index contributed by atoms with van der Waals surface area (Å²) in [5.41, 5.74) is 0.614. The molecule has 1 unspecified atom stereocenters. The molecule has 3 rings (SSSR count). The van der Waals surface area contributed by atoms with E-state index in [4.69, 9.17) is 16.3 Å². The molecule has 1 aromatic heterocycles. The fourth-order valence-electron chi connectivity index (χ4n) is 2.21. The monoisotopic (exact) mass is 458 g/mol. The number of hydrogen-bond donors (Lipinski definition) is 0. The van der Waals surface area contributed by atoms with Gasteiger partial charge in [-0.2, -0.15) is 5.10 Å². The van der Waals surface area contributed by atoms with Crippen LogP contribution in [0.4, 0.5) is 4.39 Å². The van der Waals surface area contributed by atoms with Crippen molar-refractivity contribution in [2.45, 2.75) is 25.5 Å². The van der Waals surface area contributed by atoms with Crippen LogP contribution in [0.15, 0.2) is 10.7 Å². The Hall–Kier alpha value is 0.0800. The Morgan fingerprint density at radius 1 is 1.53 bits per heavy atom. The van der Waals surface area contributed by atoms with E-state index in [1.165, 1.54) is 0 Å². The van der Waals surface area contributed by atoms with Gasteiger partial charge in [0.25, 0.3) is 0 Å². The first-order chi connectivity index (χ1) is 9.09.